The van der Waals surface area contributed by atoms with Crippen LogP contribution < -0.4 is 16.0 Å². The molecule has 2 rings (SSSR count). The first-order chi connectivity index (χ1) is 12.9. The number of hydrogen-bond acceptors (Lipinski definition) is 3. The molecule has 0 aromatic heterocycles. The van der Waals surface area contributed by atoms with Crippen LogP contribution in [0.5, 0.6) is 0 Å². The van der Waals surface area contributed by atoms with E-state index in [1.165, 1.54) is 0 Å². The Labute approximate surface area is 178 Å². The van der Waals surface area contributed by atoms with Crippen molar-refractivity contribution in [3.8, 4) is 0 Å². The number of unbranched alkanes of at least 4 members (excludes halogenated alkanes) is 1. The summed E-state index contributed by atoms with van der Waals surface area (Å²) in [6, 6.07) is 12.5. The van der Waals surface area contributed by atoms with E-state index in [0.29, 0.717) is 23.4 Å². The normalized spacial score (nSPS) is 10.2. The summed E-state index contributed by atoms with van der Waals surface area (Å²) in [5.74, 6) is -0.468. The maximum absolute atomic E-state index is 12.4. The van der Waals surface area contributed by atoms with Gasteiger partial charge >= 0.3 is 0 Å². The third-order valence-electron chi connectivity index (χ3n) is 3.90. The summed E-state index contributed by atoms with van der Waals surface area (Å²) in [6.07, 6.45) is 1.93. The van der Waals surface area contributed by atoms with Crippen LogP contribution in [0, 0.1) is 10.5 Å². The van der Waals surface area contributed by atoms with Crippen molar-refractivity contribution in [2.75, 3.05) is 11.9 Å². The summed E-state index contributed by atoms with van der Waals surface area (Å²) >= 11 is 7.43. The Morgan fingerprint density at radius 2 is 1.85 bits per heavy atom. The van der Waals surface area contributed by atoms with Crippen molar-refractivity contribution in [2.24, 2.45) is 0 Å². The SMILES string of the molecule is CCCCNC(=O)c1ccccc1NC(=S)NC(=O)c1ccc(C)c(I)c1. The van der Waals surface area contributed by atoms with Crippen molar-refractivity contribution >= 4 is 57.4 Å². The summed E-state index contributed by atoms with van der Waals surface area (Å²) in [7, 11) is 0. The van der Waals surface area contributed by atoms with Gasteiger partial charge in [0.05, 0.1) is 11.3 Å². The maximum Gasteiger partial charge on any atom is 0.257 e. The van der Waals surface area contributed by atoms with Crippen molar-refractivity contribution in [3.63, 3.8) is 0 Å². The van der Waals surface area contributed by atoms with Gasteiger partial charge in [-0.05, 0) is 78.0 Å². The Hall–Kier alpha value is -2.00. The number of benzene rings is 2. The van der Waals surface area contributed by atoms with Crippen molar-refractivity contribution < 1.29 is 9.59 Å². The fourth-order valence-corrected chi connectivity index (χ4v) is 3.04. The Morgan fingerprint density at radius 3 is 2.56 bits per heavy atom. The van der Waals surface area contributed by atoms with Crippen LogP contribution in [0.25, 0.3) is 0 Å². The summed E-state index contributed by atoms with van der Waals surface area (Å²) in [5, 5.41) is 8.63. The molecule has 0 heterocycles. The van der Waals surface area contributed by atoms with Gasteiger partial charge in [0.2, 0.25) is 0 Å². The second kappa shape index (κ2) is 10.4. The Kier molecular flexibility index (Phi) is 8.18. The molecule has 2 aromatic rings. The highest BCUT2D eigenvalue weighted by atomic mass is 127. The molecule has 5 nitrogen and oxygen atoms in total. The highest BCUT2D eigenvalue weighted by Crippen LogP contribution is 2.16. The molecule has 7 heteroatoms. The molecule has 0 radical (unpaired) electrons. The molecule has 0 aliphatic rings. The molecule has 2 aromatic carbocycles. The van der Waals surface area contributed by atoms with Crippen LogP contribution >= 0.6 is 34.8 Å². The van der Waals surface area contributed by atoms with Gasteiger partial charge in [0.1, 0.15) is 0 Å². The molecular formula is C20H22IN3O2S. The second-order valence-corrected chi connectivity index (χ2v) is 7.60. The molecule has 27 heavy (non-hydrogen) atoms. The van der Waals surface area contributed by atoms with Crippen molar-refractivity contribution in [1.29, 1.82) is 0 Å². The summed E-state index contributed by atoms with van der Waals surface area (Å²) in [4.78, 5) is 24.7. The highest BCUT2D eigenvalue weighted by Gasteiger charge is 2.13. The van der Waals surface area contributed by atoms with Gasteiger partial charge in [-0.25, -0.2) is 0 Å². The predicted octanol–water partition coefficient (Wildman–Crippen LogP) is 4.26. The number of nitrogens with one attached hydrogen (secondary N) is 3. The lowest BCUT2D eigenvalue weighted by molar-refractivity contribution is 0.0952. The van der Waals surface area contributed by atoms with Crippen LogP contribution in [-0.2, 0) is 0 Å². The quantitative estimate of drug-likeness (QED) is 0.318. The van der Waals surface area contributed by atoms with E-state index in [0.717, 1.165) is 22.0 Å². The largest absolute Gasteiger partial charge is 0.352 e. The van der Waals surface area contributed by atoms with E-state index in [-0.39, 0.29) is 16.9 Å². The number of amides is 2. The smallest absolute Gasteiger partial charge is 0.257 e. The number of para-hydroxylation sites is 1. The van der Waals surface area contributed by atoms with E-state index in [9.17, 15) is 9.59 Å². The Balaban J connectivity index is 2.04. The maximum atomic E-state index is 12.4. The molecule has 0 aliphatic heterocycles. The number of thiocarbonyl (C=S) groups is 1. The topological polar surface area (TPSA) is 70.2 Å². The van der Waals surface area contributed by atoms with Gasteiger partial charge in [0.25, 0.3) is 11.8 Å². The molecule has 0 saturated carbocycles. The first-order valence-corrected chi connectivity index (χ1v) is 10.2. The van der Waals surface area contributed by atoms with E-state index in [1.807, 2.05) is 19.1 Å². The van der Waals surface area contributed by atoms with Crippen LogP contribution in [0.2, 0.25) is 0 Å². The number of anilines is 1. The zero-order valence-electron chi connectivity index (χ0n) is 15.3. The number of carbonyl (C=O) groups is 2. The van der Waals surface area contributed by atoms with Gasteiger partial charge in [-0.3, -0.25) is 14.9 Å². The number of halogens is 1. The fourth-order valence-electron chi connectivity index (χ4n) is 2.33. The molecule has 0 atom stereocenters. The van der Waals surface area contributed by atoms with Crippen LogP contribution in [0.4, 0.5) is 5.69 Å². The number of rotatable bonds is 6. The van der Waals surface area contributed by atoms with Crippen molar-refractivity contribution in [2.45, 2.75) is 26.7 Å². The Morgan fingerprint density at radius 1 is 1.11 bits per heavy atom. The molecule has 142 valence electrons. The molecular weight excluding hydrogens is 473 g/mol. The third kappa shape index (κ3) is 6.28. The summed E-state index contributed by atoms with van der Waals surface area (Å²) < 4.78 is 1.01. The molecule has 2 amide bonds. The van der Waals surface area contributed by atoms with Crippen molar-refractivity contribution in [3.05, 3.63) is 62.7 Å². The lowest BCUT2D eigenvalue weighted by Crippen LogP contribution is -2.35. The van der Waals surface area contributed by atoms with Gasteiger partial charge in [-0.2, -0.15) is 0 Å². The standard InChI is InChI=1S/C20H22IN3O2S/c1-3-4-11-22-19(26)15-7-5-6-8-17(15)23-20(27)24-18(25)14-10-9-13(2)16(21)12-14/h5-10,12H,3-4,11H2,1-2H3,(H,22,26)(H2,23,24,25,27). The van der Waals surface area contributed by atoms with Crippen LogP contribution in [0.3, 0.4) is 0 Å². The lowest BCUT2D eigenvalue weighted by atomic mass is 10.1. The monoisotopic (exact) mass is 495 g/mol. The average molecular weight is 495 g/mol. The minimum Gasteiger partial charge on any atom is -0.352 e. The lowest BCUT2D eigenvalue weighted by Gasteiger charge is -2.14. The first-order valence-electron chi connectivity index (χ1n) is 8.68. The van der Waals surface area contributed by atoms with Gasteiger partial charge in [-0.15, -0.1) is 0 Å². The van der Waals surface area contributed by atoms with E-state index in [2.05, 4.69) is 45.5 Å². The molecule has 0 aliphatic carbocycles. The molecule has 0 saturated heterocycles. The third-order valence-corrected chi connectivity index (χ3v) is 5.26. The first kappa shape index (κ1) is 21.3. The Bertz CT molecular complexity index is 855. The van der Waals surface area contributed by atoms with Gasteiger partial charge in [0.15, 0.2) is 5.11 Å². The van der Waals surface area contributed by atoms with E-state index in [1.54, 1.807) is 30.3 Å². The van der Waals surface area contributed by atoms with Crippen LogP contribution in [0.1, 0.15) is 46.0 Å². The summed E-state index contributed by atoms with van der Waals surface area (Å²) in [6.45, 7) is 4.67. The summed E-state index contributed by atoms with van der Waals surface area (Å²) in [5.41, 5.74) is 2.67. The van der Waals surface area contributed by atoms with E-state index < -0.39 is 0 Å². The molecule has 0 unspecified atom stereocenters. The highest BCUT2D eigenvalue weighted by molar-refractivity contribution is 14.1. The minimum absolute atomic E-state index is 0.143. The second-order valence-electron chi connectivity index (χ2n) is 6.03. The predicted molar refractivity (Wildman–Crippen MR) is 121 cm³/mol. The number of carbonyl (C=O) groups excluding carboxylic acids is 2. The van der Waals surface area contributed by atoms with Gasteiger partial charge < -0.3 is 10.6 Å². The van der Waals surface area contributed by atoms with Gasteiger partial charge in [-0.1, -0.05) is 31.5 Å². The molecule has 0 spiro atoms. The van der Waals surface area contributed by atoms with E-state index >= 15 is 0 Å². The molecule has 0 fully saturated rings. The minimum atomic E-state index is -0.296. The van der Waals surface area contributed by atoms with Crippen molar-refractivity contribution in [1.82, 2.24) is 10.6 Å². The van der Waals surface area contributed by atoms with E-state index in [4.69, 9.17) is 12.2 Å². The van der Waals surface area contributed by atoms with Crippen LogP contribution in [-0.4, -0.2) is 23.5 Å². The number of hydrogen-bond donors (Lipinski definition) is 3. The fraction of sp³-hybridized carbons (Fsp3) is 0.250. The number of aryl methyl sites for hydroxylation is 1. The average Bonchev–Trinajstić information content (AvgIpc) is 2.64. The molecule has 0 bridgehead atoms. The van der Waals surface area contributed by atoms with Crippen LogP contribution in [0.15, 0.2) is 42.5 Å². The molecule has 3 N–H and O–H groups in total. The van der Waals surface area contributed by atoms with Gasteiger partial charge in [0, 0.05) is 15.7 Å². The zero-order valence-corrected chi connectivity index (χ0v) is 18.2. The zero-order chi connectivity index (χ0) is 19.8.